The number of aromatic nitrogens is 4. The standard InChI is InChI=1S/C34H58N7O22P3S/c1-17(59-33-21(44)12-20(43)18(2)60-33)5-6-19(42)11-24(46)67-10-9-36-23(45)7-8-37-31(49)28(48)34(3,4)14-58-66(55,56)63-65(53,54)57-13-22-27(62-64(50,51)52)26(47)32(61-22)41-16-40-25-29(35)38-15-39-30(25)41/h15-22,26-28,32-33,42-44,47-48H,5-14H2,1-4H3,(H,36,45)(H,37,49)(H,53,54)(H,55,56)(H2,35,38,39)(H2,50,51,52)/p-4/t17-,18+,19+,20-,21-,22-,26-,27-,28+,32-,33-/m1/s1. The maximum atomic E-state index is 12.6. The topological polar surface area (TPSA) is 454 Å². The summed E-state index contributed by atoms with van der Waals surface area (Å²) in [5.74, 6) is -1.52. The van der Waals surface area contributed by atoms with E-state index in [2.05, 4.69) is 43.5 Å². The zero-order chi connectivity index (χ0) is 50.1. The predicted molar refractivity (Wildman–Crippen MR) is 220 cm³/mol. The SMILES string of the molecule is C[C@H](CC[C@H](O)CC(=O)SCCNC(=O)CCNC(=O)[C@H](O)C(C)(C)COP(=O)([O-])OP(=O)([O-])OC[C@H]1O[C@@H](n2cnc3c(N)ncnc32)[C@H](O)[C@@H]1OP(=O)([O-])[O-])O[C@@H]1O[C@@H](C)[C@H](O)C[C@H]1O. The highest BCUT2D eigenvalue weighted by molar-refractivity contribution is 8.13. The first kappa shape index (κ1) is 56.9. The largest absolute Gasteiger partial charge is 0.790 e. The lowest BCUT2D eigenvalue weighted by Crippen LogP contribution is -2.48. The van der Waals surface area contributed by atoms with E-state index >= 15 is 0 Å². The fraction of sp³-hybridized carbons (Fsp3) is 0.765. The number of rotatable bonds is 26. The Morgan fingerprint density at radius 3 is 2.37 bits per heavy atom. The number of aliphatic hydroxyl groups is 5. The molecule has 13 atom stereocenters. The molecule has 0 spiro atoms. The third kappa shape index (κ3) is 17.6. The Morgan fingerprint density at radius 1 is 1.00 bits per heavy atom. The molecule has 0 bridgehead atoms. The first-order valence-corrected chi connectivity index (χ1v) is 25.8. The molecule has 2 aromatic rings. The minimum absolute atomic E-state index is 0.0299. The van der Waals surface area contributed by atoms with Crippen molar-refractivity contribution >= 4 is 69.1 Å². The van der Waals surface area contributed by atoms with Crippen molar-refractivity contribution in [3.63, 3.8) is 0 Å². The number of nitrogens with two attached hydrogens (primary N) is 1. The van der Waals surface area contributed by atoms with Gasteiger partial charge in [-0.2, -0.15) is 0 Å². The highest BCUT2D eigenvalue weighted by Gasteiger charge is 2.47. The number of phosphoric acid groups is 3. The second-order valence-electron chi connectivity index (χ2n) is 16.2. The highest BCUT2D eigenvalue weighted by atomic mass is 32.2. The van der Waals surface area contributed by atoms with Gasteiger partial charge in [0.1, 0.15) is 42.4 Å². The molecule has 2 aromatic heterocycles. The van der Waals surface area contributed by atoms with Gasteiger partial charge < -0.3 is 93.8 Å². The predicted octanol–water partition coefficient (Wildman–Crippen LogP) is -4.07. The number of nitrogens with one attached hydrogen (secondary N) is 2. The van der Waals surface area contributed by atoms with Crippen LogP contribution in [-0.2, 0) is 60.2 Å². The summed E-state index contributed by atoms with van der Waals surface area (Å²) in [6.07, 6.45) is -11.9. The zero-order valence-corrected chi connectivity index (χ0v) is 39.9. The van der Waals surface area contributed by atoms with Crippen LogP contribution in [0.1, 0.15) is 66.0 Å². The summed E-state index contributed by atoms with van der Waals surface area (Å²) >= 11 is 0.882. The van der Waals surface area contributed by atoms with Gasteiger partial charge >= 0.3 is 0 Å². The van der Waals surface area contributed by atoms with Gasteiger partial charge in [-0.3, -0.25) is 28.1 Å². The van der Waals surface area contributed by atoms with Crippen LogP contribution in [-0.4, -0.2) is 155 Å². The molecule has 0 aromatic carbocycles. The van der Waals surface area contributed by atoms with Crippen LogP contribution >= 0.6 is 35.2 Å². The molecule has 0 saturated carbocycles. The molecule has 2 saturated heterocycles. The Morgan fingerprint density at radius 2 is 1.69 bits per heavy atom. The van der Waals surface area contributed by atoms with Crippen molar-refractivity contribution in [1.29, 1.82) is 0 Å². The van der Waals surface area contributed by atoms with E-state index in [-0.39, 0.29) is 66.6 Å². The number of carbonyl (C=O) groups excluding carboxylic acids is 3. The van der Waals surface area contributed by atoms with Crippen LogP contribution in [0.3, 0.4) is 0 Å². The van der Waals surface area contributed by atoms with E-state index in [0.29, 0.717) is 6.42 Å². The van der Waals surface area contributed by atoms with Gasteiger partial charge in [0.15, 0.2) is 29.1 Å². The first-order valence-electron chi connectivity index (χ1n) is 20.4. The van der Waals surface area contributed by atoms with E-state index in [4.69, 9.17) is 19.9 Å². The smallest absolute Gasteiger partial charge is 0.274 e. The number of nitrogen functional groups attached to an aromatic ring is 1. The van der Waals surface area contributed by atoms with Crippen LogP contribution in [0.2, 0.25) is 0 Å². The third-order valence-corrected chi connectivity index (χ3v) is 14.0. The Labute approximate surface area is 386 Å². The van der Waals surface area contributed by atoms with Crippen LogP contribution in [0.5, 0.6) is 0 Å². The molecular formula is C34H54N7O22P3S-4. The average molecular weight is 1040 g/mol. The van der Waals surface area contributed by atoms with Gasteiger partial charge in [-0.25, -0.2) is 19.3 Å². The molecule has 0 aliphatic carbocycles. The summed E-state index contributed by atoms with van der Waals surface area (Å²) in [7, 11) is -17.7. The molecule has 4 heterocycles. The van der Waals surface area contributed by atoms with Crippen molar-refractivity contribution in [2.45, 2.75) is 127 Å². The Balaban J connectivity index is 1.13. The quantitative estimate of drug-likeness (QED) is 0.0328. The second-order valence-corrected chi connectivity index (χ2v) is 21.4. The molecule has 4 rings (SSSR count). The van der Waals surface area contributed by atoms with Crippen LogP contribution in [0.15, 0.2) is 12.7 Å². The third-order valence-electron chi connectivity index (χ3n) is 10.1. The van der Waals surface area contributed by atoms with Crippen molar-refractivity contribution in [3.8, 4) is 0 Å². The van der Waals surface area contributed by atoms with Crippen molar-refractivity contribution in [2.75, 3.05) is 37.8 Å². The number of imidazole rings is 1. The summed E-state index contributed by atoms with van der Waals surface area (Å²) in [6.45, 7) is 3.17. The normalized spacial score (nSPS) is 26.9. The van der Waals surface area contributed by atoms with Crippen molar-refractivity contribution in [1.82, 2.24) is 30.2 Å². The number of hydrogen-bond donors (Lipinski definition) is 8. The van der Waals surface area contributed by atoms with Gasteiger partial charge in [0.25, 0.3) is 15.6 Å². The van der Waals surface area contributed by atoms with E-state index in [1.807, 2.05) is 0 Å². The van der Waals surface area contributed by atoms with Crippen LogP contribution < -0.4 is 35.9 Å². The zero-order valence-electron chi connectivity index (χ0n) is 36.4. The van der Waals surface area contributed by atoms with Gasteiger partial charge in [-0.1, -0.05) is 25.6 Å². The highest BCUT2D eigenvalue weighted by Crippen LogP contribution is 2.56. The van der Waals surface area contributed by atoms with E-state index in [9.17, 15) is 73.2 Å². The molecule has 2 aliphatic heterocycles. The van der Waals surface area contributed by atoms with Crippen LogP contribution in [0, 0.1) is 5.41 Å². The second kappa shape index (κ2) is 24.5. The van der Waals surface area contributed by atoms with Crippen molar-refractivity contribution in [2.24, 2.45) is 5.41 Å². The lowest BCUT2D eigenvalue weighted by molar-refractivity contribution is -0.347. The van der Waals surface area contributed by atoms with Crippen molar-refractivity contribution in [3.05, 3.63) is 12.7 Å². The number of carbonyl (C=O) groups is 3. The molecule has 2 unspecified atom stereocenters. The van der Waals surface area contributed by atoms with Gasteiger partial charge in [0.2, 0.25) is 11.8 Å². The van der Waals surface area contributed by atoms with Gasteiger partial charge in [-0.05, 0) is 26.7 Å². The van der Waals surface area contributed by atoms with Crippen LogP contribution in [0.4, 0.5) is 5.82 Å². The van der Waals surface area contributed by atoms with Gasteiger partial charge in [-0.15, -0.1) is 0 Å². The van der Waals surface area contributed by atoms with E-state index in [1.54, 1.807) is 13.8 Å². The average Bonchev–Trinajstić information content (AvgIpc) is 3.78. The number of nitrogens with zero attached hydrogens (tertiary/aromatic N) is 4. The monoisotopic (exact) mass is 1040 g/mol. The summed E-state index contributed by atoms with van der Waals surface area (Å²) in [6, 6.07) is 0. The summed E-state index contributed by atoms with van der Waals surface area (Å²) in [4.78, 5) is 96.9. The molecule has 0 radical (unpaired) electrons. The molecule has 2 fully saturated rings. The van der Waals surface area contributed by atoms with Crippen LogP contribution in [0.25, 0.3) is 11.2 Å². The molecule has 9 N–H and O–H groups in total. The molecule has 29 nitrogen and oxygen atoms in total. The number of aliphatic hydroxyl groups excluding tert-OH is 5. The number of phosphoric ester groups is 3. The van der Waals surface area contributed by atoms with E-state index in [1.165, 1.54) is 13.8 Å². The fourth-order valence-corrected chi connectivity index (χ4v) is 9.89. The summed E-state index contributed by atoms with van der Waals surface area (Å²) in [5, 5.41) is 56.1. The number of anilines is 1. The minimum Gasteiger partial charge on any atom is -0.790 e. The fourth-order valence-electron chi connectivity index (χ4n) is 6.42. The first-order chi connectivity index (χ1) is 31.1. The lowest BCUT2D eigenvalue weighted by atomic mass is 9.87. The maximum absolute atomic E-state index is 12.6. The number of thioether (sulfide) groups is 1. The molecule has 67 heavy (non-hydrogen) atoms. The number of amides is 2. The molecule has 2 aliphatic rings. The molecule has 33 heteroatoms. The number of hydrogen-bond acceptors (Lipinski definition) is 27. The van der Waals surface area contributed by atoms with E-state index < -0.39 is 121 Å². The maximum Gasteiger partial charge on any atom is 0.274 e. The van der Waals surface area contributed by atoms with E-state index in [0.717, 1.165) is 29.0 Å². The molecule has 2 amide bonds. The van der Waals surface area contributed by atoms with Gasteiger partial charge in [0.05, 0.1) is 51.8 Å². The molecule has 382 valence electrons. The van der Waals surface area contributed by atoms with Crippen molar-refractivity contribution < 1.29 is 105 Å². The Kier molecular flexibility index (Phi) is 20.8. The Bertz CT molecular complexity index is 2140. The van der Waals surface area contributed by atoms with Gasteiger partial charge in [0, 0.05) is 43.5 Å². The summed E-state index contributed by atoms with van der Waals surface area (Å²) in [5.41, 5.74) is 4.00. The lowest BCUT2D eigenvalue weighted by Gasteiger charge is -2.36. The number of fused-ring (bicyclic) bond motifs is 1. The Hall–Kier alpha value is -2.64. The molecular weight excluding hydrogens is 983 g/mol. The minimum atomic E-state index is -5.95. The number of ether oxygens (including phenoxy) is 3. The summed E-state index contributed by atoms with van der Waals surface area (Å²) < 4.78 is 71.8.